The number of hydrogen-bond donors (Lipinski definition) is 1. The van der Waals surface area contributed by atoms with Crippen molar-refractivity contribution in [2.45, 2.75) is 40.3 Å². The third-order valence-corrected chi connectivity index (χ3v) is 3.81. The lowest BCUT2D eigenvalue weighted by Gasteiger charge is -2.18. The van der Waals surface area contributed by atoms with E-state index < -0.39 is 0 Å². The summed E-state index contributed by atoms with van der Waals surface area (Å²) in [6.07, 6.45) is 0. The van der Waals surface area contributed by atoms with Crippen molar-refractivity contribution < 1.29 is 4.39 Å². The first-order valence-electron chi connectivity index (χ1n) is 7.03. The van der Waals surface area contributed by atoms with Gasteiger partial charge in [0.1, 0.15) is 5.82 Å². The summed E-state index contributed by atoms with van der Waals surface area (Å²) in [5.41, 5.74) is 5.99. The highest BCUT2D eigenvalue weighted by molar-refractivity contribution is 5.33. The zero-order valence-corrected chi connectivity index (χ0v) is 12.6. The highest BCUT2D eigenvalue weighted by Crippen LogP contribution is 2.20. The molecule has 0 aliphatic heterocycles. The van der Waals surface area contributed by atoms with Crippen LogP contribution in [0.2, 0.25) is 0 Å². The molecule has 0 saturated heterocycles. The highest BCUT2D eigenvalue weighted by atomic mass is 19.1. The van der Waals surface area contributed by atoms with E-state index in [0.29, 0.717) is 6.54 Å². The van der Waals surface area contributed by atoms with E-state index in [2.05, 4.69) is 44.3 Å². The summed E-state index contributed by atoms with van der Waals surface area (Å²) in [5, 5.41) is 3.48. The second-order valence-electron chi connectivity index (χ2n) is 5.53. The van der Waals surface area contributed by atoms with E-state index in [0.717, 1.165) is 11.1 Å². The molecule has 0 aromatic heterocycles. The molecule has 20 heavy (non-hydrogen) atoms. The minimum atomic E-state index is -0.174. The Morgan fingerprint density at radius 2 is 1.70 bits per heavy atom. The van der Waals surface area contributed by atoms with Gasteiger partial charge in [0.25, 0.3) is 0 Å². The Labute approximate surface area is 120 Å². The first kappa shape index (κ1) is 14.7. The van der Waals surface area contributed by atoms with Crippen LogP contribution in [0.25, 0.3) is 0 Å². The van der Waals surface area contributed by atoms with Crippen molar-refractivity contribution >= 4 is 0 Å². The van der Waals surface area contributed by atoms with Gasteiger partial charge in [-0.3, -0.25) is 0 Å². The van der Waals surface area contributed by atoms with Crippen LogP contribution >= 0.6 is 0 Å². The van der Waals surface area contributed by atoms with Gasteiger partial charge in [-0.05, 0) is 62.1 Å². The van der Waals surface area contributed by atoms with Crippen LogP contribution < -0.4 is 5.32 Å². The van der Waals surface area contributed by atoms with E-state index in [-0.39, 0.29) is 11.9 Å². The molecule has 0 aliphatic carbocycles. The molecule has 0 spiro atoms. The van der Waals surface area contributed by atoms with Crippen LogP contribution in [0.15, 0.2) is 36.4 Å². The normalized spacial score (nSPS) is 12.4. The first-order chi connectivity index (χ1) is 9.47. The summed E-state index contributed by atoms with van der Waals surface area (Å²) in [6, 6.07) is 11.7. The minimum Gasteiger partial charge on any atom is -0.306 e. The van der Waals surface area contributed by atoms with Gasteiger partial charge in [-0.2, -0.15) is 0 Å². The van der Waals surface area contributed by atoms with Crippen LogP contribution in [0, 0.1) is 26.6 Å². The molecule has 0 bridgehead atoms. The Morgan fingerprint density at radius 3 is 2.45 bits per heavy atom. The van der Waals surface area contributed by atoms with Gasteiger partial charge in [-0.15, -0.1) is 0 Å². The van der Waals surface area contributed by atoms with Crippen LogP contribution in [-0.2, 0) is 6.54 Å². The lowest BCUT2D eigenvalue weighted by Crippen LogP contribution is -2.19. The Morgan fingerprint density at radius 1 is 1.00 bits per heavy atom. The zero-order valence-electron chi connectivity index (χ0n) is 12.6. The van der Waals surface area contributed by atoms with Crippen molar-refractivity contribution in [1.82, 2.24) is 5.32 Å². The highest BCUT2D eigenvalue weighted by Gasteiger charge is 2.09. The molecule has 2 aromatic rings. The Kier molecular flexibility index (Phi) is 4.56. The lowest BCUT2D eigenvalue weighted by atomic mass is 9.99. The van der Waals surface area contributed by atoms with Crippen molar-refractivity contribution in [2.24, 2.45) is 0 Å². The fourth-order valence-corrected chi connectivity index (χ4v) is 2.43. The Hall–Kier alpha value is -1.67. The molecule has 2 aromatic carbocycles. The van der Waals surface area contributed by atoms with Crippen molar-refractivity contribution in [3.63, 3.8) is 0 Å². The fourth-order valence-electron chi connectivity index (χ4n) is 2.43. The summed E-state index contributed by atoms with van der Waals surface area (Å²) in [6.45, 7) is 9.07. The maximum absolute atomic E-state index is 13.3. The molecule has 0 fully saturated rings. The molecule has 0 saturated carbocycles. The van der Waals surface area contributed by atoms with Gasteiger partial charge in [0, 0.05) is 12.6 Å². The predicted molar refractivity (Wildman–Crippen MR) is 82.3 cm³/mol. The molecule has 2 rings (SSSR count). The van der Waals surface area contributed by atoms with Gasteiger partial charge in [-0.1, -0.05) is 29.8 Å². The van der Waals surface area contributed by atoms with Crippen LogP contribution in [0.3, 0.4) is 0 Å². The molecule has 0 amide bonds. The van der Waals surface area contributed by atoms with Gasteiger partial charge in [0.15, 0.2) is 0 Å². The smallest absolute Gasteiger partial charge is 0.123 e. The quantitative estimate of drug-likeness (QED) is 0.856. The van der Waals surface area contributed by atoms with Crippen molar-refractivity contribution in [3.05, 3.63) is 70.0 Å². The minimum absolute atomic E-state index is 0.174. The van der Waals surface area contributed by atoms with E-state index in [4.69, 9.17) is 0 Å². The largest absolute Gasteiger partial charge is 0.306 e. The predicted octanol–water partition coefficient (Wildman–Crippen LogP) is 4.60. The van der Waals surface area contributed by atoms with E-state index in [1.165, 1.54) is 22.8 Å². The van der Waals surface area contributed by atoms with E-state index in [1.807, 2.05) is 13.0 Å². The Bertz CT molecular complexity index is 604. The van der Waals surface area contributed by atoms with E-state index in [1.54, 1.807) is 6.07 Å². The third kappa shape index (κ3) is 3.45. The summed E-state index contributed by atoms with van der Waals surface area (Å²) in [7, 11) is 0. The van der Waals surface area contributed by atoms with Gasteiger partial charge >= 0.3 is 0 Å². The molecule has 0 radical (unpaired) electrons. The Balaban J connectivity index is 2.10. The number of aryl methyl sites for hydroxylation is 3. The molecule has 0 aliphatic rings. The lowest BCUT2D eigenvalue weighted by molar-refractivity contribution is 0.565. The van der Waals surface area contributed by atoms with Crippen LogP contribution in [0.5, 0.6) is 0 Å². The van der Waals surface area contributed by atoms with E-state index >= 15 is 0 Å². The number of rotatable bonds is 4. The van der Waals surface area contributed by atoms with Crippen LogP contribution in [0.4, 0.5) is 4.39 Å². The van der Waals surface area contributed by atoms with Crippen molar-refractivity contribution in [1.29, 1.82) is 0 Å². The van der Waals surface area contributed by atoms with Gasteiger partial charge < -0.3 is 5.32 Å². The maximum Gasteiger partial charge on any atom is 0.123 e. The van der Waals surface area contributed by atoms with Gasteiger partial charge in [0.2, 0.25) is 0 Å². The van der Waals surface area contributed by atoms with E-state index in [9.17, 15) is 4.39 Å². The number of benzene rings is 2. The number of hydrogen-bond acceptors (Lipinski definition) is 1. The topological polar surface area (TPSA) is 12.0 Å². The second kappa shape index (κ2) is 6.19. The molecule has 1 unspecified atom stereocenters. The average molecular weight is 271 g/mol. The first-order valence-corrected chi connectivity index (χ1v) is 7.03. The summed E-state index contributed by atoms with van der Waals surface area (Å²) < 4.78 is 13.3. The standard InChI is InChI=1S/C18H22FN/c1-12-5-6-14(3)18(9-12)15(4)20-11-16-10-17(19)8-7-13(16)2/h5-10,15,20H,11H2,1-4H3. The number of nitrogens with one attached hydrogen (secondary N) is 1. The number of halogens is 1. The summed E-state index contributed by atoms with van der Waals surface area (Å²) >= 11 is 0. The second-order valence-corrected chi connectivity index (χ2v) is 5.53. The molecular formula is C18H22FN. The SMILES string of the molecule is Cc1ccc(C)c(C(C)NCc2cc(F)ccc2C)c1. The fraction of sp³-hybridized carbons (Fsp3) is 0.333. The molecule has 1 N–H and O–H groups in total. The van der Waals surface area contributed by atoms with Crippen molar-refractivity contribution in [3.8, 4) is 0 Å². The third-order valence-electron chi connectivity index (χ3n) is 3.81. The molecule has 106 valence electrons. The maximum atomic E-state index is 13.3. The van der Waals surface area contributed by atoms with Crippen molar-refractivity contribution in [2.75, 3.05) is 0 Å². The molecular weight excluding hydrogens is 249 g/mol. The monoisotopic (exact) mass is 271 g/mol. The molecule has 1 nitrogen and oxygen atoms in total. The molecule has 0 heterocycles. The molecule has 2 heteroatoms. The van der Waals surface area contributed by atoms with Crippen LogP contribution in [-0.4, -0.2) is 0 Å². The summed E-state index contributed by atoms with van der Waals surface area (Å²) in [5.74, 6) is -0.174. The van der Waals surface area contributed by atoms with Gasteiger partial charge in [0.05, 0.1) is 0 Å². The zero-order chi connectivity index (χ0) is 14.7. The van der Waals surface area contributed by atoms with Gasteiger partial charge in [-0.25, -0.2) is 4.39 Å². The summed E-state index contributed by atoms with van der Waals surface area (Å²) in [4.78, 5) is 0. The molecule has 1 atom stereocenters. The van der Waals surface area contributed by atoms with Crippen LogP contribution in [0.1, 0.15) is 40.8 Å². The average Bonchev–Trinajstić information content (AvgIpc) is 2.42.